The third-order valence-corrected chi connectivity index (χ3v) is 4.50. The fraction of sp³-hybridized carbons (Fsp3) is 0.833. The molecule has 2 fully saturated rings. The van der Waals surface area contributed by atoms with E-state index in [1.54, 1.807) is 35.5 Å². The van der Waals surface area contributed by atoms with Crippen molar-refractivity contribution in [1.82, 2.24) is 14.7 Å². The first kappa shape index (κ1) is 20.3. The Hall–Kier alpha value is -1.99. The number of esters is 1. The van der Waals surface area contributed by atoms with Crippen molar-refractivity contribution >= 4 is 18.1 Å². The van der Waals surface area contributed by atoms with Gasteiger partial charge in [0, 0.05) is 32.7 Å². The first-order valence-electron chi connectivity index (χ1n) is 9.15. The highest BCUT2D eigenvalue weighted by molar-refractivity contribution is 5.81. The number of fused-ring (bicyclic) bond motifs is 1. The molecule has 0 radical (unpaired) electrons. The normalized spacial score (nSPS) is 20.9. The molecule has 0 aromatic rings. The summed E-state index contributed by atoms with van der Waals surface area (Å²) < 4.78 is 10.5. The van der Waals surface area contributed by atoms with E-state index in [4.69, 9.17) is 9.47 Å². The van der Waals surface area contributed by atoms with Gasteiger partial charge in [-0.15, -0.1) is 0 Å². The molecule has 2 rings (SSSR count). The zero-order valence-corrected chi connectivity index (χ0v) is 16.7. The summed E-state index contributed by atoms with van der Waals surface area (Å²) >= 11 is 0. The van der Waals surface area contributed by atoms with Gasteiger partial charge in [-0.25, -0.2) is 9.59 Å². The molecule has 0 aromatic carbocycles. The van der Waals surface area contributed by atoms with Crippen LogP contribution in [0.1, 0.15) is 41.5 Å². The highest BCUT2D eigenvalue weighted by atomic mass is 16.6. The van der Waals surface area contributed by atoms with Crippen LogP contribution >= 0.6 is 0 Å². The van der Waals surface area contributed by atoms with Crippen LogP contribution in [0.25, 0.3) is 0 Å². The Morgan fingerprint density at radius 3 is 2.35 bits per heavy atom. The predicted octanol–water partition coefficient (Wildman–Crippen LogP) is 1.93. The quantitative estimate of drug-likeness (QED) is 0.708. The fourth-order valence-corrected chi connectivity index (χ4v) is 3.27. The Balaban J connectivity index is 1.99. The van der Waals surface area contributed by atoms with E-state index < -0.39 is 11.0 Å². The maximum absolute atomic E-state index is 12.7. The molecule has 8 heteroatoms. The van der Waals surface area contributed by atoms with Gasteiger partial charge in [0.25, 0.3) is 0 Å². The molecule has 2 saturated heterocycles. The molecular weight excluding hydrogens is 338 g/mol. The molecule has 148 valence electrons. The van der Waals surface area contributed by atoms with E-state index in [0.717, 1.165) is 0 Å². The number of piperazine rings is 1. The van der Waals surface area contributed by atoms with Gasteiger partial charge in [0.1, 0.15) is 5.60 Å². The summed E-state index contributed by atoms with van der Waals surface area (Å²) in [6.07, 6.45) is -0.352. The van der Waals surface area contributed by atoms with Gasteiger partial charge in [-0.2, -0.15) is 0 Å². The lowest BCUT2D eigenvalue weighted by Crippen LogP contribution is -2.54. The summed E-state index contributed by atoms with van der Waals surface area (Å²) in [5.74, 6) is -0.312. The van der Waals surface area contributed by atoms with Crippen LogP contribution in [0.5, 0.6) is 0 Å². The Bertz CT molecular complexity index is 570. The van der Waals surface area contributed by atoms with E-state index in [1.165, 1.54) is 0 Å². The van der Waals surface area contributed by atoms with Crippen molar-refractivity contribution in [2.45, 2.75) is 53.2 Å². The lowest BCUT2D eigenvalue weighted by atomic mass is 9.93. The molecule has 0 saturated carbocycles. The minimum absolute atomic E-state index is 0.0817. The highest BCUT2D eigenvalue weighted by Crippen LogP contribution is 2.27. The van der Waals surface area contributed by atoms with Crippen LogP contribution in [0, 0.1) is 5.41 Å². The summed E-state index contributed by atoms with van der Waals surface area (Å²) in [4.78, 5) is 42.2. The molecule has 2 heterocycles. The van der Waals surface area contributed by atoms with Gasteiger partial charge in [0.2, 0.25) is 0 Å². The second-order valence-electron chi connectivity index (χ2n) is 8.54. The molecule has 0 aliphatic carbocycles. The number of carbonyl (C=O) groups is 3. The van der Waals surface area contributed by atoms with Crippen molar-refractivity contribution in [3.63, 3.8) is 0 Å². The van der Waals surface area contributed by atoms with E-state index in [9.17, 15) is 14.4 Å². The number of rotatable bonds is 4. The molecular formula is C18H31N3O5. The molecule has 0 aromatic heterocycles. The molecule has 0 bridgehead atoms. The Morgan fingerprint density at radius 1 is 1.12 bits per heavy atom. The third kappa shape index (κ3) is 4.59. The van der Waals surface area contributed by atoms with Gasteiger partial charge < -0.3 is 24.2 Å². The maximum atomic E-state index is 12.7. The second-order valence-corrected chi connectivity index (χ2v) is 8.54. The zero-order valence-electron chi connectivity index (χ0n) is 16.7. The summed E-state index contributed by atoms with van der Waals surface area (Å²) in [7, 11) is 0. The van der Waals surface area contributed by atoms with Gasteiger partial charge in [0.05, 0.1) is 18.1 Å². The van der Waals surface area contributed by atoms with Crippen LogP contribution in [0.2, 0.25) is 0 Å². The first-order chi connectivity index (χ1) is 11.9. The van der Waals surface area contributed by atoms with E-state index >= 15 is 0 Å². The summed E-state index contributed by atoms with van der Waals surface area (Å²) in [6, 6.07) is -0.169. The van der Waals surface area contributed by atoms with Crippen LogP contribution < -0.4 is 0 Å². The number of amides is 3. The highest BCUT2D eigenvalue weighted by Gasteiger charge is 2.45. The van der Waals surface area contributed by atoms with E-state index in [-0.39, 0.29) is 24.1 Å². The molecule has 0 unspecified atom stereocenters. The topological polar surface area (TPSA) is 79.4 Å². The summed E-state index contributed by atoms with van der Waals surface area (Å²) in [5, 5.41) is 0. The number of nitrogens with zero attached hydrogens (tertiary/aromatic N) is 3. The average Bonchev–Trinajstić information content (AvgIpc) is 2.81. The van der Waals surface area contributed by atoms with Crippen molar-refractivity contribution in [1.29, 1.82) is 0 Å². The molecule has 26 heavy (non-hydrogen) atoms. The lowest BCUT2D eigenvalue weighted by Gasteiger charge is -2.37. The largest absolute Gasteiger partial charge is 0.466 e. The molecule has 0 spiro atoms. The predicted molar refractivity (Wildman–Crippen MR) is 95.7 cm³/mol. The minimum atomic E-state index is -0.773. The average molecular weight is 369 g/mol. The minimum Gasteiger partial charge on any atom is -0.466 e. The lowest BCUT2D eigenvalue weighted by molar-refractivity contribution is -0.153. The Morgan fingerprint density at radius 2 is 1.77 bits per heavy atom. The van der Waals surface area contributed by atoms with Crippen LogP contribution in [0.15, 0.2) is 0 Å². The number of hydrogen-bond acceptors (Lipinski definition) is 5. The molecule has 1 atom stereocenters. The van der Waals surface area contributed by atoms with Crippen LogP contribution in [0.3, 0.4) is 0 Å². The van der Waals surface area contributed by atoms with Crippen molar-refractivity contribution in [3.05, 3.63) is 0 Å². The standard InChI is InChI=1S/C18H31N3O5/c1-7-25-14(22)18(5,6)12-20-11-13-10-19(8-9-21(13)15(20)23)16(24)26-17(2,3)4/h13H,7-12H2,1-6H3/t13-/m0/s1. The van der Waals surface area contributed by atoms with E-state index in [2.05, 4.69) is 0 Å². The molecule has 8 nitrogen and oxygen atoms in total. The Labute approximate surface area is 155 Å². The van der Waals surface area contributed by atoms with Crippen molar-refractivity contribution < 1.29 is 23.9 Å². The smallest absolute Gasteiger partial charge is 0.410 e. The van der Waals surface area contributed by atoms with Gasteiger partial charge in [0.15, 0.2) is 0 Å². The number of hydrogen-bond donors (Lipinski definition) is 0. The fourth-order valence-electron chi connectivity index (χ4n) is 3.27. The van der Waals surface area contributed by atoms with Crippen LogP contribution in [-0.2, 0) is 14.3 Å². The zero-order chi connectivity index (χ0) is 19.7. The van der Waals surface area contributed by atoms with Crippen molar-refractivity contribution in [3.8, 4) is 0 Å². The van der Waals surface area contributed by atoms with Gasteiger partial charge >= 0.3 is 18.1 Å². The van der Waals surface area contributed by atoms with Gasteiger partial charge in [-0.3, -0.25) is 4.79 Å². The molecule has 3 amide bonds. The third-order valence-electron chi connectivity index (χ3n) is 4.50. The van der Waals surface area contributed by atoms with Crippen LogP contribution in [-0.4, -0.2) is 83.8 Å². The van der Waals surface area contributed by atoms with Crippen LogP contribution in [0.4, 0.5) is 9.59 Å². The first-order valence-corrected chi connectivity index (χ1v) is 9.15. The van der Waals surface area contributed by atoms with E-state index in [0.29, 0.717) is 39.3 Å². The van der Waals surface area contributed by atoms with E-state index in [1.807, 2.05) is 20.8 Å². The SMILES string of the molecule is CCOC(=O)C(C)(C)CN1C[C@@H]2CN(C(=O)OC(C)(C)C)CCN2C1=O. The molecule has 2 aliphatic rings. The summed E-state index contributed by atoms with van der Waals surface area (Å²) in [5.41, 5.74) is -1.32. The van der Waals surface area contributed by atoms with Crippen molar-refractivity contribution in [2.75, 3.05) is 39.3 Å². The Kier molecular flexibility index (Phi) is 5.73. The maximum Gasteiger partial charge on any atom is 0.410 e. The van der Waals surface area contributed by atoms with Gasteiger partial charge in [-0.1, -0.05) is 0 Å². The van der Waals surface area contributed by atoms with Gasteiger partial charge in [-0.05, 0) is 41.5 Å². The monoisotopic (exact) mass is 369 g/mol. The molecule has 0 N–H and O–H groups in total. The summed E-state index contributed by atoms with van der Waals surface area (Å²) in [6.45, 7) is 13.3. The number of carbonyl (C=O) groups excluding carboxylic acids is 3. The second kappa shape index (κ2) is 7.32. The number of urea groups is 1. The molecule has 2 aliphatic heterocycles. The van der Waals surface area contributed by atoms with Crippen molar-refractivity contribution in [2.24, 2.45) is 5.41 Å². The number of ether oxygens (including phenoxy) is 2.